The van der Waals surface area contributed by atoms with E-state index in [1.165, 1.54) is 10.8 Å². The molecule has 1 aliphatic carbocycles. The third kappa shape index (κ3) is 1.23. The van der Waals surface area contributed by atoms with Crippen LogP contribution in [0.4, 0.5) is 0 Å². The molecule has 1 radical (unpaired) electrons. The summed E-state index contributed by atoms with van der Waals surface area (Å²) < 4.78 is 5.68. The van der Waals surface area contributed by atoms with Crippen molar-refractivity contribution in [2.24, 2.45) is 0 Å². The zero-order chi connectivity index (χ0) is 10.3. The van der Waals surface area contributed by atoms with Crippen LogP contribution in [0.15, 0.2) is 48.1 Å². The quantitative estimate of drug-likeness (QED) is 0.606. The van der Waals surface area contributed by atoms with Gasteiger partial charge in [0.15, 0.2) is 0 Å². The minimum atomic E-state index is 0.00454. The fraction of sp³-hybridized carbons (Fsp3) is 0.0714. The fourth-order valence-electron chi connectivity index (χ4n) is 2.05. The van der Waals surface area contributed by atoms with Gasteiger partial charge < -0.3 is 4.74 Å². The van der Waals surface area contributed by atoms with E-state index in [0.29, 0.717) is 0 Å². The average molecular weight is 195 g/mol. The smallest absolute Gasteiger partial charge is 0.145 e. The van der Waals surface area contributed by atoms with Crippen LogP contribution in [0.1, 0.15) is 0 Å². The molecule has 0 amide bonds. The summed E-state index contributed by atoms with van der Waals surface area (Å²) in [4.78, 5) is 0. The van der Waals surface area contributed by atoms with Gasteiger partial charge in [-0.15, -0.1) is 0 Å². The van der Waals surface area contributed by atoms with Crippen molar-refractivity contribution in [1.29, 1.82) is 0 Å². The van der Waals surface area contributed by atoms with E-state index in [4.69, 9.17) is 4.74 Å². The van der Waals surface area contributed by atoms with E-state index < -0.39 is 0 Å². The van der Waals surface area contributed by atoms with Gasteiger partial charge >= 0.3 is 0 Å². The van der Waals surface area contributed by atoms with Gasteiger partial charge in [-0.1, -0.05) is 42.5 Å². The first-order valence-corrected chi connectivity index (χ1v) is 5.01. The minimum Gasteiger partial charge on any atom is -0.488 e. The Morgan fingerprint density at radius 1 is 1.20 bits per heavy atom. The highest BCUT2D eigenvalue weighted by atomic mass is 16.5. The molecule has 73 valence electrons. The lowest BCUT2D eigenvalue weighted by molar-refractivity contribution is 0.267. The molecule has 0 fully saturated rings. The standard InChI is InChI=1S/C14H11O/c1-10-5-4-8-13-12-7-3-2-6-11(12)9-15-14(10)13/h2-9,14H,1H2. The number of hydrogen-bond donors (Lipinski definition) is 0. The number of ether oxygens (including phenoxy) is 1. The summed E-state index contributed by atoms with van der Waals surface area (Å²) in [6.45, 7) is 4.00. The molecule has 2 aliphatic rings. The lowest BCUT2D eigenvalue weighted by atomic mass is 9.94. The van der Waals surface area contributed by atoms with Gasteiger partial charge in [-0.25, -0.2) is 0 Å². The highest BCUT2D eigenvalue weighted by molar-refractivity contribution is 5.69. The van der Waals surface area contributed by atoms with Gasteiger partial charge in [0.05, 0.1) is 6.26 Å². The summed E-state index contributed by atoms with van der Waals surface area (Å²) in [6, 6.07) is 8.26. The molecule has 3 rings (SSSR count). The molecule has 0 N–H and O–H groups in total. The monoisotopic (exact) mass is 195 g/mol. The Morgan fingerprint density at radius 3 is 3.00 bits per heavy atom. The van der Waals surface area contributed by atoms with E-state index in [2.05, 4.69) is 31.2 Å². The van der Waals surface area contributed by atoms with Crippen LogP contribution >= 0.6 is 0 Å². The van der Waals surface area contributed by atoms with Gasteiger partial charge in [-0.05, 0) is 17.7 Å². The largest absolute Gasteiger partial charge is 0.488 e. The van der Waals surface area contributed by atoms with Crippen LogP contribution in [0.3, 0.4) is 0 Å². The second kappa shape index (κ2) is 3.13. The van der Waals surface area contributed by atoms with Gasteiger partial charge in [-0.2, -0.15) is 0 Å². The lowest BCUT2D eigenvalue weighted by Crippen LogP contribution is -2.36. The Balaban J connectivity index is 2.36. The SMILES string of the molecule is [CH2]C1=CC=CC2=c3ccccc3=COC12. The van der Waals surface area contributed by atoms with Crippen molar-refractivity contribution in [2.45, 2.75) is 6.10 Å². The Kier molecular flexibility index (Phi) is 1.78. The molecule has 1 heteroatoms. The van der Waals surface area contributed by atoms with Crippen LogP contribution < -0.4 is 10.4 Å². The van der Waals surface area contributed by atoms with Crippen molar-refractivity contribution in [3.8, 4) is 0 Å². The third-order valence-electron chi connectivity index (χ3n) is 2.81. The molecular formula is C14H11O. The first kappa shape index (κ1) is 8.54. The average Bonchev–Trinajstić information content (AvgIpc) is 2.29. The molecule has 0 saturated carbocycles. The summed E-state index contributed by atoms with van der Waals surface area (Å²) >= 11 is 0. The molecule has 1 unspecified atom stereocenters. The molecular weight excluding hydrogens is 184 g/mol. The second-order valence-corrected chi connectivity index (χ2v) is 3.78. The van der Waals surface area contributed by atoms with Gasteiger partial charge in [0.25, 0.3) is 0 Å². The molecule has 1 atom stereocenters. The maximum Gasteiger partial charge on any atom is 0.145 e. The normalized spacial score (nSPS) is 22.1. The lowest BCUT2D eigenvalue weighted by Gasteiger charge is -2.24. The molecule has 0 spiro atoms. The minimum absolute atomic E-state index is 0.00454. The molecule has 1 aliphatic heterocycles. The van der Waals surface area contributed by atoms with E-state index in [-0.39, 0.29) is 6.10 Å². The molecule has 1 heterocycles. The Bertz CT molecular complexity index is 576. The van der Waals surface area contributed by atoms with E-state index in [0.717, 1.165) is 10.8 Å². The predicted molar refractivity (Wildman–Crippen MR) is 61.0 cm³/mol. The van der Waals surface area contributed by atoms with Gasteiger partial charge in [0, 0.05) is 10.8 Å². The molecule has 15 heavy (non-hydrogen) atoms. The Labute approximate surface area is 88.7 Å². The summed E-state index contributed by atoms with van der Waals surface area (Å²) in [5, 5.41) is 2.39. The number of fused-ring (bicyclic) bond motifs is 2. The van der Waals surface area contributed by atoms with Crippen molar-refractivity contribution in [3.63, 3.8) is 0 Å². The van der Waals surface area contributed by atoms with Crippen LogP contribution in [0.5, 0.6) is 0 Å². The van der Waals surface area contributed by atoms with Gasteiger partial charge in [0.1, 0.15) is 6.10 Å². The highest BCUT2D eigenvalue weighted by Crippen LogP contribution is 2.22. The van der Waals surface area contributed by atoms with Gasteiger partial charge in [-0.3, -0.25) is 0 Å². The summed E-state index contributed by atoms with van der Waals surface area (Å²) in [5.74, 6) is 0. The summed E-state index contributed by atoms with van der Waals surface area (Å²) in [7, 11) is 0. The summed E-state index contributed by atoms with van der Waals surface area (Å²) in [5.41, 5.74) is 2.22. The van der Waals surface area contributed by atoms with E-state index in [1.807, 2.05) is 24.5 Å². The van der Waals surface area contributed by atoms with E-state index in [9.17, 15) is 0 Å². The molecule has 0 aromatic heterocycles. The van der Waals surface area contributed by atoms with Crippen molar-refractivity contribution < 1.29 is 4.74 Å². The maximum absolute atomic E-state index is 5.68. The number of benzene rings is 1. The predicted octanol–water partition coefficient (Wildman–Crippen LogP) is 1.30. The number of allylic oxidation sites excluding steroid dienone is 2. The van der Waals surface area contributed by atoms with Gasteiger partial charge in [0.2, 0.25) is 0 Å². The summed E-state index contributed by atoms with van der Waals surface area (Å²) in [6.07, 6.45) is 7.95. The Hall–Kier alpha value is -1.76. The van der Waals surface area contributed by atoms with E-state index >= 15 is 0 Å². The zero-order valence-corrected chi connectivity index (χ0v) is 8.31. The molecule has 1 nitrogen and oxygen atoms in total. The topological polar surface area (TPSA) is 9.23 Å². The van der Waals surface area contributed by atoms with Crippen LogP contribution in [0.2, 0.25) is 0 Å². The molecule has 0 bridgehead atoms. The zero-order valence-electron chi connectivity index (χ0n) is 8.31. The maximum atomic E-state index is 5.68. The van der Waals surface area contributed by atoms with Crippen molar-refractivity contribution in [3.05, 3.63) is 65.4 Å². The van der Waals surface area contributed by atoms with Crippen molar-refractivity contribution >= 4 is 11.8 Å². The highest BCUT2D eigenvalue weighted by Gasteiger charge is 2.20. The number of hydrogen-bond acceptors (Lipinski definition) is 1. The second-order valence-electron chi connectivity index (χ2n) is 3.78. The van der Waals surface area contributed by atoms with Crippen molar-refractivity contribution in [1.82, 2.24) is 0 Å². The molecule has 1 aromatic carbocycles. The van der Waals surface area contributed by atoms with Crippen LogP contribution in [0, 0.1) is 6.92 Å². The van der Waals surface area contributed by atoms with Crippen LogP contribution in [-0.4, -0.2) is 6.10 Å². The third-order valence-corrected chi connectivity index (χ3v) is 2.81. The molecule has 1 aromatic rings. The number of rotatable bonds is 0. The van der Waals surface area contributed by atoms with Crippen LogP contribution in [0.25, 0.3) is 11.8 Å². The fourth-order valence-corrected chi connectivity index (χ4v) is 2.05. The van der Waals surface area contributed by atoms with Crippen molar-refractivity contribution in [2.75, 3.05) is 0 Å². The first-order valence-electron chi connectivity index (χ1n) is 5.01. The van der Waals surface area contributed by atoms with Crippen LogP contribution in [-0.2, 0) is 4.74 Å². The van der Waals surface area contributed by atoms with E-state index in [1.54, 1.807) is 0 Å². The first-order chi connectivity index (χ1) is 7.36. The molecule has 0 saturated heterocycles. The Morgan fingerprint density at radius 2 is 2.07 bits per heavy atom.